The minimum Gasteiger partial charge on any atom is -0.481 e. The highest BCUT2D eigenvalue weighted by Gasteiger charge is 2.19. The number of nitrogens with one attached hydrogen (secondary N) is 1. The summed E-state index contributed by atoms with van der Waals surface area (Å²) >= 11 is 0. The molecule has 1 atom stereocenters. The van der Waals surface area contributed by atoms with Gasteiger partial charge in [0.25, 0.3) is 0 Å². The molecule has 0 aromatic heterocycles. The molecule has 1 aromatic rings. The summed E-state index contributed by atoms with van der Waals surface area (Å²) in [4.78, 5) is 11.0. The molecule has 0 saturated carbocycles. The van der Waals surface area contributed by atoms with Crippen LogP contribution in [0.25, 0.3) is 0 Å². The highest BCUT2D eigenvalue weighted by molar-refractivity contribution is 5.76. The molecule has 3 nitrogen and oxygen atoms in total. The first kappa shape index (κ1) is 11.7. The molecule has 0 aliphatic carbocycles. The van der Waals surface area contributed by atoms with Crippen molar-refractivity contribution in [2.75, 3.05) is 13.6 Å². The number of carbonyl (C=O) groups is 1. The fourth-order valence-corrected chi connectivity index (χ4v) is 1.44. The Morgan fingerprint density at radius 3 is 2.73 bits per heavy atom. The molecule has 2 N–H and O–H groups in total. The summed E-state index contributed by atoms with van der Waals surface area (Å²) in [5.41, 5.74) is 1.09. The van der Waals surface area contributed by atoms with Gasteiger partial charge in [-0.2, -0.15) is 0 Å². The van der Waals surface area contributed by atoms with E-state index in [1.165, 1.54) is 12.1 Å². The number of carboxylic acids is 1. The molecule has 1 unspecified atom stereocenters. The van der Waals surface area contributed by atoms with E-state index in [4.69, 9.17) is 5.11 Å². The first-order valence-electron chi connectivity index (χ1n) is 4.69. The van der Waals surface area contributed by atoms with Gasteiger partial charge in [-0.3, -0.25) is 4.79 Å². The lowest BCUT2D eigenvalue weighted by atomic mass is 9.97. The van der Waals surface area contributed by atoms with Crippen molar-refractivity contribution in [1.29, 1.82) is 0 Å². The van der Waals surface area contributed by atoms with Gasteiger partial charge in [0.1, 0.15) is 5.82 Å². The second kappa shape index (κ2) is 4.89. The van der Waals surface area contributed by atoms with Crippen molar-refractivity contribution >= 4 is 5.97 Å². The van der Waals surface area contributed by atoms with Gasteiger partial charge in [0.2, 0.25) is 0 Å². The first-order valence-corrected chi connectivity index (χ1v) is 4.69. The number of hydrogen-bond acceptors (Lipinski definition) is 2. The smallest absolute Gasteiger partial charge is 0.312 e. The van der Waals surface area contributed by atoms with Crippen molar-refractivity contribution in [3.63, 3.8) is 0 Å². The van der Waals surface area contributed by atoms with E-state index in [2.05, 4.69) is 5.32 Å². The van der Waals surface area contributed by atoms with Gasteiger partial charge in [0.05, 0.1) is 5.92 Å². The van der Waals surface area contributed by atoms with Gasteiger partial charge in [-0.15, -0.1) is 0 Å². The summed E-state index contributed by atoms with van der Waals surface area (Å²) in [6.07, 6.45) is 0. The van der Waals surface area contributed by atoms with Crippen molar-refractivity contribution in [2.24, 2.45) is 0 Å². The van der Waals surface area contributed by atoms with Gasteiger partial charge in [-0.25, -0.2) is 4.39 Å². The molecule has 82 valence electrons. The quantitative estimate of drug-likeness (QED) is 0.793. The van der Waals surface area contributed by atoms with E-state index in [0.29, 0.717) is 17.7 Å². The van der Waals surface area contributed by atoms with Crippen LogP contribution in [0.4, 0.5) is 4.39 Å². The molecule has 0 radical (unpaired) electrons. The summed E-state index contributed by atoms with van der Waals surface area (Å²) in [7, 11) is 1.69. The van der Waals surface area contributed by atoms with Gasteiger partial charge in [-0.1, -0.05) is 12.1 Å². The van der Waals surface area contributed by atoms with E-state index in [1.807, 2.05) is 0 Å². The Morgan fingerprint density at radius 1 is 1.60 bits per heavy atom. The molecule has 0 amide bonds. The van der Waals surface area contributed by atoms with E-state index >= 15 is 0 Å². The van der Waals surface area contributed by atoms with Crippen LogP contribution in [0, 0.1) is 12.7 Å². The van der Waals surface area contributed by atoms with Crippen LogP contribution in [0.2, 0.25) is 0 Å². The maximum atomic E-state index is 13.0. The number of aliphatic carboxylic acids is 1. The fourth-order valence-electron chi connectivity index (χ4n) is 1.44. The number of halogens is 1. The second-order valence-corrected chi connectivity index (χ2v) is 3.46. The SMILES string of the molecule is CNCC(C(=O)O)c1ccc(F)c(C)c1. The maximum absolute atomic E-state index is 13.0. The van der Waals surface area contributed by atoms with Crippen molar-refractivity contribution in [2.45, 2.75) is 12.8 Å². The van der Waals surface area contributed by atoms with Gasteiger partial charge in [0, 0.05) is 6.54 Å². The summed E-state index contributed by atoms with van der Waals surface area (Å²) in [6, 6.07) is 4.39. The fraction of sp³-hybridized carbons (Fsp3) is 0.364. The molecular weight excluding hydrogens is 197 g/mol. The molecular formula is C11H14FNO2. The van der Waals surface area contributed by atoms with E-state index in [-0.39, 0.29) is 5.82 Å². The zero-order chi connectivity index (χ0) is 11.4. The summed E-state index contributed by atoms with van der Waals surface area (Å²) < 4.78 is 13.0. The van der Waals surface area contributed by atoms with Gasteiger partial charge in [0.15, 0.2) is 0 Å². The van der Waals surface area contributed by atoms with E-state index in [9.17, 15) is 9.18 Å². The third-order valence-electron chi connectivity index (χ3n) is 2.29. The lowest BCUT2D eigenvalue weighted by Gasteiger charge is -2.12. The highest BCUT2D eigenvalue weighted by atomic mass is 19.1. The number of carboxylic acid groups (broad SMARTS) is 1. The lowest BCUT2D eigenvalue weighted by Crippen LogP contribution is -2.24. The zero-order valence-electron chi connectivity index (χ0n) is 8.75. The average molecular weight is 211 g/mol. The Morgan fingerprint density at radius 2 is 2.27 bits per heavy atom. The van der Waals surface area contributed by atoms with Crippen LogP contribution in [0.1, 0.15) is 17.0 Å². The van der Waals surface area contributed by atoms with Gasteiger partial charge in [-0.05, 0) is 31.2 Å². The minimum atomic E-state index is -0.907. The first-order chi connectivity index (χ1) is 7.06. The molecule has 15 heavy (non-hydrogen) atoms. The van der Waals surface area contributed by atoms with E-state index in [1.54, 1.807) is 20.0 Å². The topological polar surface area (TPSA) is 49.3 Å². The van der Waals surface area contributed by atoms with E-state index < -0.39 is 11.9 Å². The van der Waals surface area contributed by atoms with Crippen LogP contribution in [-0.4, -0.2) is 24.7 Å². The molecule has 4 heteroatoms. The Bertz CT molecular complexity index is 366. The largest absolute Gasteiger partial charge is 0.481 e. The average Bonchev–Trinajstić information content (AvgIpc) is 2.18. The number of benzene rings is 1. The van der Waals surface area contributed by atoms with Crippen LogP contribution in [-0.2, 0) is 4.79 Å². The Hall–Kier alpha value is -1.42. The van der Waals surface area contributed by atoms with Crippen LogP contribution in [0.15, 0.2) is 18.2 Å². The van der Waals surface area contributed by atoms with Gasteiger partial charge >= 0.3 is 5.97 Å². The standard InChI is InChI=1S/C11H14FNO2/c1-7-5-8(3-4-10(7)12)9(6-13-2)11(14)15/h3-5,9,13H,6H2,1-2H3,(H,14,15). The number of rotatable bonds is 4. The molecule has 0 saturated heterocycles. The molecule has 0 aliphatic heterocycles. The monoisotopic (exact) mass is 211 g/mol. The van der Waals surface area contributed by atoms with Crippen LogP contribution in [0.5, 0.6) is 0 Å². The van der Waals surface area contributed by atoms with Crippen molar-refractivity contribution in [1.82, 2.24) is 5.32 Å². The van der Waals surface area contributed by atoms with Crippen LogP contribution < -0.4 is 5.32 Å². The van der Waals surface area contributed by atoms with Crippen molar-refractivity contribution in [3.05, 3.63) is 35.1 Å². The maximum Gasteiger partial charge on any atom is 0.312 e. The summed E-state index contributed by atoms with van der Waals surface area (Å²) in [5, 5.41) is 11.8. The Labute approximate surface area is 87.9 Å². The Balaban J connectivity index is 3.01. The lowest BCUT2D eigenvalue weighted by molar-refractivity contribution is -0.138. The zero-order valence-corrected chi connectivity index (χ0v) is 8.75. The molecule has 0 spiro atoms. The molecule has 1 rings (SSSR count). The molecule has 0 fully saturated rings. The van der Waals surface area contributed by atoms with E-state index in [0.717, 1.165) is 0 Å². The summed E-state index contributed by atoms with van der Waals surface area (Å²) in [6.45, 7) is 1.96. The number of hydrogen-bond donors (Lipinski definition) is 2. The van der Waals surface area contributed by atoms with Crippen molar-refractivity contribution < 1.29 is 14.3 Å². The Kier molecular flexibility index (Phi) is 3.80. The normalized spacial score (nSPS) is 12.5. The predicted molar refractivity (Wildman–Crippen MR) is 55.4 cm³/mol. The molecule has 1 aromatic carbocycles. The van der Waals surface area contributed by atoms with Crippen LogP contribution in [0.3, 0.4) is 0 Å². The predicted octanol–water partition coefficient (Wildman–Crippen LogP) is 1.52. The third kappa shape index (κ3) is 2.76. The highest BCUT2D eigenvalue weighted by Crippen LogP contribution is 2.18. The van der Waals surface area contributed by atoms with Crippen LogP contribution >= 0.6 is 0 Å². The minimum absolute atomic E-state index is 0.313. The molecule has 0 aliphatic rings. The second-order valence-electron chi connectivity index (χ2n) is 3.46. The number of likely N-dealkylation sites (N-methyl/N-ethyl adjacent to an activating group) is 1. The molecule has 0 bridgehead atoms. The summed E-state index contributed by atoms with van der Waals surface area (Å²) in [5.74, 6) is -1.85. The third-order valence-corrected chi connectivity index (χ3v) is 2.29. The van der Waals surface area contributed by atoms with Gasteiger partial charge < -0.3 is 10.4 Å². The number of aryl methyl sites for hydroxylation is 1. The van der Waals surface area contributed by atoms with Crippen molar-refractivity contribution in [3.8, 4) is 0 Å². The molecule has 0 heterocycles.